The van der Waals surface area contributed by atoms with Gasteiger partial charge in [-0.2, -0.15) is 0 Å². The van der Waals surface area contributed by atoms with E-state index in [1.807, 2.05) is 6.07 Å². The van der Waals surface area contributed by atoms with Crippen LogP contribution in [0.3, 0.4) is 0 Å². The highest BCUT2D eigenvalue weighted by molar-refractivity contribution is 7.91. The molecule has 2 heterocycles. The fourth-order valence-corrected chi connectivity index (χ4v) is 5.00. The summed E-state index contributed by atoms with van der Waals surface area (Å²) in [6, 6.07) is 11.0. The topological polar surface area (TPSA) is 40.6 Å². The lowest BCUT2D eigenvalue weighted by atomic mass is 10.0. The maximum Gasteiger partial charge on any atom is 0.152 e. The summed E-state index contributed by atoms with van der Waals surface area (Å²) >= 11 is 0. The van der Waals surface area contributed by atoms with Crippen LogP contribution in [-0.2, 0) is 9.84 Å². The number of hydrogen-bond donors (Lipinski definition) is 0. The highest BCUT2D eigenvalue weighted by Gasteiger charge is 2.29. The van der Waals surface area contributed by atoms with E-state index in [0.717, 1.165) is 45.6 Å². The SMILES string of the molecule is CC(=Cc1ccccc1)CN1CCC(N2CCS(=O)(=O)CC2)CC1. The zero-order valence-corrected chi connectivity index (χ0v) is 15.3. The molecule has 1 aromatic rings. The summed E-state index contributed by atoms with van der Waals surface area (Å²) in [6.45, 7) is 6.88. The minimum atomic E-state index is -2.77. The molecule has 24 heavy (non-hydrogen) atoms. The average molecular weight is 349 g/mol. The lowest BCUT2D eigenvalue weighted by Crippen LogP contribution is -2.50. The lowest BCUT2D eigenvalue weighted by molar-refractivity contribution is 0.120. The van der Waals surface area contributed by atoms with Crippen molar-refractivity contribution >= 4 is 15.9 Å². The van der Waals surface area contributed by atoms with Gasteiger partial charge in [-0.3, -0.25) is 9.80 Å². The second kappa shape index (κ2) is 7.81. The maximum absolute atomic E-state index is 11.6. The second-order valence-corrected chi connectivity index (χ2v) is 9.40. The normalized spacial score (nSPS) is 24.1. The van der Waals surface area contributed by atoms with Crippen molar-refractivity contribution in [2.45, 2.75) is 25.8 Å². The molecule has 0 saturated carbocycles. The highest BCUT2D eigenvalue weighted by Crippen LogP contribution is 2.20. The van der Waals surface area contributed by atoms with Crippen LogP contribution in [0.2, 0.25) is 0 Å². The van der Waals surface area contributed by atoms with Gasteiger partial charge in [-0.25, -0.2) is 8.42 Å². The van der Waals surface area contributed by atoms with Gasteiger partial charge in [0.1, 0.15) is 0 Å². The van der Waals surface area contributed by atoms with Crippen LogP contribution in [0.15, 0.2) is 35.9 Å². The van der Waals surface area contributed by atoms with Crippen LogP contribution in [0, 0.1) is 0 Å². The fourth-order valence-electron chi connectivity index (χ4n) is 3.77. The Hall–Kier alpha value is -1.17. The summed E-state index contributed by atoms with van der Waals surface area (Å²) in [4.78, 5) is 4.91. The number of piperidine rings is 1. The molecule has 2 saturated heterocycles. The van der Waals surface area contributed by atoms with Crippen molar-refractivity contribution in [1.29, 1.82) is 0 Å². The molecular weight excluding hydrogens is 320 g/mol. The van der Waals surface area contributed by atoms with E-state index in [0.29, 0.717) is 17.5 Å². The first-order chi connectivity index (χ1) is 11.5. The van der Waals surface area contributed by atoms with Gasteiger partial charge in [0.25, 0.3) is 0 Å². The van der Waals surface area contributed by atoms with Gasteiger partial charge in [0.05, 0.1) is 11.5 Å². The molecule has 132 valence electrons. The molecule has 0 radical (unpaired) electrons. The van der Waals surface area contributed by atoms with Crippen LogP contribution in [0.4, 0.5) is 0 Å². The summed E-state index contributed by atoms with van der Waals surface area (Å²) in [7, 11) is -2.77. The van der Waals surface area contributed by atoms with Gasteiger partial charge < -0.3 is 0 Å². The molecule has 0 N–H and O–H groups in total. The van der Waals surface area contributed by atoms with Crippen molar-refractivity contribution in [2.75, 3.05) is 44.2 Å². The predicted molar refractivity (Wildman–Crippen MR) is 99.8 cm³/mol. The van der Waals surface area contributed by atoms with Crippen molar-refractivity contribution < 1.29 is 8.42 Å². The Morgan fingerprint density at radius 1 is 1.08 bits per heavy atom. The maximum atomic E-state index is 11.6. The summed E-state index contributed by atoms with van der Waals surface area (Å²) in [5.41, 5.74) is 2.66. The molecule has 0 amide bonds. The molecule has 2 aliphatic rings. The van der Waals surface area contributed by atoms with Gasteiger partial charge in [0.2, 0.25) is 0 Å². The summed E-state index contributed by atoms with van der Waals surface area (Å²) in [5.74, 6) is 0.679. The molecule has 0 spiro atoms. The van der Waals surface area contributed by atoms with E-state index in [2.05, 4.69) is 47.1 Å². The molecule has 1 aromatic carbocycles. The van der Waals surface area contributed by atoms with Crippen molar-refractivity contribution in [2.24, 2.45) is 0 Å². The smallest absolute Gasteiger partial charge is 0.152 e. The first-order valence-corrected chi connectivity index (χ1v) is 10.7. The van der Waals surface area contributed by atoms with Gasteiger partial charge in [0.15, 0.2) is 9.84 Å². The lowest BCUT2D eigenvalue weighted by Gasteiger charge is -2.40. The third kappa shape index (κ3) is 4.91. The Morgan fingerprint density at radius 3 is 2.33 bits per heavy atom. The number of likely N-dealkylation sites (tertiary alicyclic amines) is 1. The third-order valence-corrected chi connectivity index (χ3v) is 6.75. The number of hydrogen-bond acceptors (Lipinski definition) is 4. The van der Waals surface area contributed by atoms with E-state index in [-0.39, 0.29) is 0 Å². The molecule has 3 rings (SSSR count). The van der Waals surface area contributed by atoms with Crippen molar-refractivity contribution in [3.63, 3.8) is 0 Å². The van der Waals surface area contributed by atoms with Crippen LogP contribution >= 0.6 is 0 Å². The Morgan fingerprint density at radius 2 is 1.71 bits per heavy atom. The van der Waals surface area contributed by atoms with E-state index in [4.69, 9.17) is 0 Å². The Bertz CT molecular complexity index is 648. The van der Waals surface area contributed by atoms with Gasteiger partial charge in [-0.15, -0.1) is 0 Å². The number of nitrogens with zero attached hydrogens (tertiary/aromatic N) is 2. The monoisotopic (exact) mass is 348 g/mol. The van der Waals surface area contributed by atoms with Crippen molar-refractivity contribution in [3.8, 4) is 0 Å². The molecule has 0 atom stereocenters. The van der Waals surface area contributed by atoms with Gasteiger partial charge in [0, 0.05) is 25.7 Å². The minimum absolute atomic E-state index is 0.339. The zero-order chi connectivity index (χ0) is 17.0. The Kier molecular flexibility index (Phi) is 5.74. The molecule has 0 aliphatic carbocycles. The van der Waals surface area contributed by atoms with Gasteiger partial charge >= 0.3 is 0 Å². The predicted octanol–water partition coefficient (Wildman–Crippen LogP) is 2.28. The number of sulfone groups is 1. The standard InChI is InChI=1S/C19H28N2O2S/c1-17(15-18-5-3-2-4-6-18)16-20-9-7-19(8-10-20)21-11-13-24(22,23)14-12-21/h2-6,15,19H,7-14,16H2,1H3. The number of benzene rings is 1. The quantitative estimate of drug-likeness (QED) is 0.837. The van der Waals surface area contributed by atoms with Crippen LogP contribution in [-0.4, -0.2) is 68.5 Å². The third-order valence-electron chi connectivity index (χ3n) is 5.14. The molecule has 0 unspecified atom stereocenters. The molecular formula is C19H28N2O2S. The molecule has 2 aliphatic heterocycles. The molecule has 5 heteroatoms. The van der Waals surface area contributed by atoms with Gasteiger partial charge in [-0.1, -0.05) is 42.0 Å². The largest absolute Gasteiger partial charge is 0.299 e. The van der Waals surface area contributed by atoms with E-state index < -0.39 is 9.84 Å². The Labute approximate surface area is 146 Å². The summed E-state index contributed by atoms with van der Waals surface area (Å²) in [6.07, 6.45) is 4.57. The fraction of sp³-hybridized carbons (Fsp3) is 0.579. The highest BCUT2D eigenvalue weighted by atomic mass is 32.2. The van der Waals surface area contributed by atoms with Crippen LogP contribution in [0.5, 0.6) is 0 Å². The first-order valence-electron chi connectivity index (χ1n) is 8.91. The van der Waals surface area contributed by atoms with Crippen LogP contribution in [0.25, 0.3) is 6.08 Å². The van der Waals surface area contributed by atoms with Crippen molar-refractivity contribution in [3.05, 3.63) is 41.5 Å². The number of rotatable bonds is 4. The van der Waals surface area contributed by atoms with E-state index in [9.17, 15) is 8.42 Å². The molecule has 0 bridgehead atoms. The van der Waals surface area contributed by atoms with E-state index >= 15 is 0 Å². The second-order valence-electron chi connectivity index (χ2n) is 7.10. The molecule has 0 aromatic heterocycles. The zero-order valence-electron chi connectivity index (χ0n) is 14.5. The Balaban J connectivity index is 1.46. The van der Waals surface area contributed by atoms with Gasteiger partial charge in [-0.05, 0) is 38.4 Å². The van der Waals surface area contributed by atoms with E-state index in [1.165, 1.54) is 11.1 Å². The average Bonchev–Trinajstić information content (AvgIpc) is 2.56. The minimum Gasteiger partial charge on any atom is -0.299 e. The van der Waals surface area contributed by atoms with Crippen LogP contribution in [0.1, 0.15) is 25.3 Å². The first kappa shape index (κ1) is 17.6. The summed E-state index contributed by atoms with van der Waals surface area (Å²) < 4.78 is 23.1. The van der Waals surface area contributed by atoms with Crippen LogP contribution < -0.4 is 0 Å². The summed E-state index contributed by atoms with van der Waals surface area (Å²) in [5, 5.41) is 0. The molecule has 4 nitrogen and oxygen atoms in total. The van der Waals surface area contributed by atoms with E-state index in [1.54, 1.807) is 0 Å². The molecule has 2 fully saturated rings. The van der Waals surface area contributed by atoms with Crippen molar-refractivity contribution in [1.82, 2.24) is 9.80 Å².